The van der Waals surface area contributed by atoms with Gasteiger partial charge in [0.25, 0.3) is 5.91 Å². The third-order valence-corrected chi connectivity index (χ3v) is 3.14. The molecule has 0 unspecified atom stereocenters. The summed E-state index contributed by atoms with van der Waals surface area (Å²) in [5.41, 5.74) is 1.47. The second-order valence-corrected chi connectivity index (χ2v) is 4.68. The minimum Gasteiger partial charge on any atom is -0.494 e. The molecule has 0 aliphatic heterocycles. The summed E-state index contributed by atoms with van der Waals surface area (Å²) in [6.45, 7) is 0. The number of methoxy groups -OCH3 is 1. The van der Waals surface area contributed by atoms with Gasteiger partial charge in [0.1, 0.15) is 0 Å². The molecule has 0 aliphatic carbocycles. The minimum atomic E-state index is -0.492. The second-order valence-electron chi connectivity index (χ2n) is 4.24. The monoisotopic (exact) mass is 308 g/mol. The van der Waals surface area contributed by atoms with E-state index in [1.54, 1.807) is 25.2 Å². The van der Waals surface area contributed by atoms with E-state index in [4.69, 9.17) is 16.3 Å². The number of anilines is 2. The molecule has 0 saturated heterocycles. The van der Waals surface area contributed by atoms with Gasteiger partial charge in [-0.25, -0.2) is 4.39 Å². The number of benzene rings is 2. The zero-order valence-corrected chi connectivity index (χ0v) is 12.3. The van der Waals surface area contributed by atoms with Crippen LogP contribution in [0.1, 0.15) is 10.4 Å². The quantitative estimate of drug-likeness (QED) is 0.903. The standard InChI is InChI=1S/C15H14ClFN2O2/c1-18-13-6-3-9(16)7-11(13)15(20)19-10-4-5-12(17)14(8-10)21-2/h3-8,18H,1-2H3,(H,19,20). The van der Waals surface area contributed by atoms with E-state index in [0.717, 1.165) is 0 Å². The molecule has 0 heterocycles. The van der Waals surface area contributed by atoms with Crippen molar-refractivity contribution in [1.29, 1.82) is 0 Å². The predicted octanol–water partition coefficient (Wildman–Crippen LogP) is 3.78. The van der Waals surface area contributed by atoms with Crippen LogP contribution in [0.2, 0.25) is 5.02 Å². The first-order valence-electron chi connectivity index (χ1n) is 6.17. The molecule has 1 amide bonds. The number of amides is 1. The number of hydrogen-bond donors (Lipinski definition) is 2. The first-order chi connectivity index (χ1) is 10.0. The number of hydrogen-bond acceptors (Lipinski definition) is 3. The van der Waals surface area contributed by atoms with E-state index in [-0.39, 0.29) is 11.7 Å². The van der Waals surface area contributed by atoms with Gasteiger partial charge in [-0.2, -0.15) is 0 Å². The number of rotatable bonds is 4. The van der Waals surface area contributed by atoms with Gasteiger partial charge in [0.2, 0.25) is 0 Å². The average molecular weight is 309 g/mol. The third-order valence-electron chi connectivity index (χ3n) is 2.90. The smallest absolute Gasteiger partial charge is 0.257 e. The first kappa shape index (κ1) is 15.1. The number of carbonyl (C=O) groups is 1. The summed E-state index contributed by atoms with van der Waals surface area (Å²) < 4.78 is 18.2. The Morgan fingerprint density at radius 1 is 1.24 bits per heavy atom. The molecule has 0 aliphatic rings. The lowest BCUT2D eigenvalue weighted by Gasteiger charge is -2.11. The van der Waals surface area contributed by atoms with E-state index in [9.17, 15) is 9.18 Å². The zero-order valence-electron chi connectivity index (χ0n) is 11.5. The highest BCUT2D eigenvalue weighted by Crippen LogP contribution is 2.24. The van der Waals surface area contributed by atoms with E-state index in [0.29, 0.717) is 22.0 Å². The maximum atomic E-state index is 13.3. The molecule has 0 bridgehead atoms. The molecule has 0 atom stereocenters. The van der Waals surface area contributed by atoms with Crippen molar-refractivity contribution in [1.82, 2.24) is 0 Å². The summed E-state index contributed by atoms with van der Waals surface area (Å²) in [6, 6.07) is 9.05. The van der Waals surface area contributed by atoms with Crippen LogP contribution in [0.5, 0.6) is 5.75 Å². The van der Waals surface area contributed by atoms with Crippen LogP contribution < -0.4 is 15.4 Å². The van der Waals surface area contributed by atoms with Crippen molar-refractivity contribution in [3.8, 4) is 5.75 Å². The molecule has 2 aromatic rings. The summed E-state index contributed by atoms with van der Waals surface area (Å²) >= 11 is 5.91. The van der Waals surface area contributed by atoms with Crippen molar-refractivity contribution >= 4 is 28.9 Å². The number of ether oxygens (including phenoxy) is 1. The zero-order chi connectivity index (χ0) is 15.4. The van der Waals surface area contributed by atoms with Crippen molar-refractivity contribution in [2.24, 2.45) is 0 Å². The van der Waals surface area contributed by atoms with E-state index >= 15 is 0 Å². The largest absolute Gasteiger partial charge is 0.494 e. The van der Waals surface area contributed by atoms with Crippen LogP contribution in [0, 0.1) is 5.82 Å². The van der Waals surface area contributed by atoms with Gasteiger partial charge in [-0.05, 0) is 30.3 Å². The lowest BCUT2D eigenvalue weighted by atomic mass is 10.1. The van der Waals surface area contributed by atoms with Crippen molar-refractivity contribution in [2.75, 3.05) is 24.8 Å². The van der Waals surface area contributed by atoms with Crippen LogP contribution in [-0.4, -0.2) is 20.1 Å². The lowest BCUT2D eigenvalue weighted by molar-refractivity contribution is 0.102. The Hall–Kier alpha value is -2.27. The maximum Gasteiger partial charge on any atom is 0.257 e. The fourth-order valence-electron chi connectivity index (χ4n) is 1.86. The van der Waals surface area contributed by atoms with Crippen LogP contribution in [0.4, 0.5) is 15.8 Å². The molecule has 110 valence electrons. The van der Waals surface area contributed by atoms with Gasteiger partial charge in [0, 0.05) is 29.5 Å². The van der Waals surface area contributed by atoms with Crippen molar-refractivity contribution in [3.63, 3.8) is 0 Å². The Morgan fingerprint density at radius 3 is 2.67 bits per heavy atom. The Bertz CT molecular complexity index is 677. The molecule has 0 spiro atoms. The number of nitrogens with one attached hydrogen (secondary N) is 2. The molecule has 4 nitrogen and oxygen atoms in total. The molecule has 6 heteroatoms. The molecule has 0 fully saturated rings. The van der Waals surface area contributed by atoms with Gasteiger partial charge >= 0.3 is 0 Å². The topological polar surface area (TPSA) is 50.4 Å². The van der Waals surface area contributed by atoms with E-state index in [2.05, 4.69) is 10.6 Å². The van der Waals surface area contributed by atoms with Crippen molar-refractivity contribution in [2.45, 2.75) is 0 Å². The molecular formula is C15H14ClFN2O2. The molecule has 21 heavy (non-hydrogen) atoms. The van der Waals surface area contributed by atoms with Crippen molar-refractivity contribution < 1.29 is 13.9 Å². The average Bonchev–Trinajstić information content (AvgIpc) is 2.49. The number of carbonyl (C=O) groups excluding carboxylic acids is 1. The van der Waals surface area contributed by atoms with Crippen LogP contribution in [0.25, 0.3) is 0 Å². The molecule has 2 rings (SSSR count). The van der Waals surface area contributed by atoms with E-state index < -0.39 is 5.82 Å². The second kappa shape index (κ2) is 6.45. The number of halogens is 2. The fourth-order valence-corrected chi connectivity index (χ4v) is 2.03. The van der Waals surface area contributed by atoms with Gasteiger partial charge in [-0.3, -0.25) is 4.79 Å². The molecule has 2 aromatic carbocycles. The molecule has 2 N–H and O–H groups in total. The normalized spacial score (nSPS) is 10.1. The van der Waals surface area contributed by atoms with Crippen LogP contribution in [0.3, 0.4) is 0 Å². The van der Waals surface area contributed by atoms with Gasteiger partial charge in [0.15, 0.2) is 11.6 Å². The molecule has 0 saturated carbocycles. The minimum absolute atomic E-state index is 0.0627. The van der Waals surface area contributed by atoms with Gasteiger partial charge in [0.05, 0.1) is 12.7 Å². The molecule has 0 radical (unpaired) electrons. The van der Waals surface area contributed by atoms with Gasteiger partial charge in [-0.15, -0.1) is 0 Å². The highest BCUT2D eigenvalue weighted by atomic mass is 35.5. The highest BCUT2D eigenvalue weighted by Gasteiger charge is 2.13. The predicted molar refractivity (Wildman–Crippen MR) is 81.9 cm³/mol. The van der Waals surface area contributed by atoms with E-state index in [1.165, 1.54) is 25.3 Å². The lowest BCUT2D eigenvalue weighted by Crippen LogP contribution is -2.14. The summed E-state index contributed by atoms with van der Waals surface area (Å²) in [7, 11) is 3.07. The summed E-state index contributed by atoms with van der Waals surface area (Å²) in [6.07, 6.45) is 0. The van der Waals surface area contributed by atoms with E-state index in [1.807, 2.05) is 0 Å². The van der Waals surface area contributed by atoms with Crippen LogP contribution in [0.15, 0.2) is 36.4 Å². The summed E-state index contributed by atoms with van der Waals surface area (Å²) in [4.78, 5) is 12.3. The van der Waals surface area contributed by atoms with Crippen molar-refractivity contribution in [3.05, 3.63) is 52.8 Å². The van der Waals surface area contributed by atoms with Gasteiger partial charge < -0.3 is 15.4 Å². The molecule has 0 aromatic heterocycles. The van der Waals surface area contributed by atoms with Gasteiger partial charge in [-0.1, -0.05) is 11.6 Å². The Morgan fingerprint density at radius 2 is 2.00 bits per heavy atom. The first-order valence-corrected chi connectivity index (χ1v) is 6.55. The Balaban J connectivity index is 2.28. The summed E-state index contributed by atoms with van der Waals surface area (Å²) in [5.74, 6) is -0.780. The maximum absolute atomic E-state index is 13.3. The van der Waals surface area contributed by atoms with Crippen LogP contribution in [-0.2, 0) is 0 Å². The Labute approximate surface area is 126 Å². The highest BCUT2D eigenvalue weighted by molar-refractivity contribution is 6.31. The molecular weight excluding hydrogens is 295 g/mol. The summed E-state index contributed by atoms with van der Waals surface area (Å²) in [5, 5.41) is 6.05. The third kappa shape index (κ3) is 3.44. The Kier molecular flexibility index (Phi) is 4.65. The SMILES string of the molecule is CNc1ccc(Cl)cc1C(=O)Nc1ccc(F)c(OC)c1. The van der Waals surface area contributed by atoms with Crippen LogP contribution >= 0.6 is 11.6 Å². The fraction of sp³-hybridized carbons (Fsp3) is 0.133.